The predicted molar refractivity (Wildman–Crippen MR) is 200 cm³/mol. The van der Waals surface area contributed by atoms with Crippen LogP contribution in [0.4, 0.5) is 13.2 Å². The maximum Gasteiger partial charge on any atom is 0.485 e. The van der Waals surface area contributed by atoms with Crippen LogP contribution in [-0.4, -0.2) is 32.4 Å². The molecule has 0 unspecified atom stereocenters. The van der Waals surface area contributed by atoms with E-state index in [9.17, 15) is 13.2 Å². The van der Waals surface area contributed by atoms with Crippen LogP contribution in [0.1, 0.15) is 0 Å². The van der Waals surface area contributed by atoms with Gasteiger partial charge in [0.15, 0.2) is 21.6 Å². The van der Waals surface area contributed by atoms with E-state index in [1.165, 1.54) is 42.9 Å². The topological polar surface area (TPSA) is 84.9 Å². The van der Waals surface area contributed by atoms with E-state index in [1.54, 1.807) is 7.11 Å². The monoisotopic (exact) mass is 738 g/mol. The number of fused-ring (bicyclic) bond motifs is 3. The van der Waals surface area contributed by atoms with Crippen LogP contribution in [0.5, 0.6) is 17.2 Å². The van der Waals surface area contributed by atoms with Crippen molar-refractivity contribution in [3.05, 3.63) is 152 Å². The van der Waals surface area contributed by atoms with Crippen LogP contribution in [0.3, 0.4) is 0 Å². The van der Waals surface area contributed by atoms with Crippen LogP contribution in [0, 0.1) is 0 Å². The molecule has 52 heavy (non-hydrogen) atoms. The molecule has 0 saturated carbocycles. The van der Waals surface area contributed by atoms with Crippen LogP contribution < -0.4 is 35.4 Å². The Labute approximate surface area is 299 Å². The number of ether oxygens (including phenoxy) is 3. The van der Waals surface area contributed by atoms with Gasteiger partial charge in [0.1, 0.15) is 34.2 Å². The van der Waals surface area contributed by atoms with Gasteiger partial charge in [-0.3, -0.25) is 0 Å². The van der Waals surface area contributed by atoms with Crippen LogP contribution in [0.15, 0.2) is 152 Å². The van der Waals surface area contributed by atoms with Crippen LogP contribution in [0.2, 0.25) is 0 Å². The third kappa shape index (κ3) is 6.23. The number of benzene rings is 7. The first-order valence-corrected chi connectivity index (χ1v) is 19.2. The predicted octanol–water partition coefficient (Wildman–Crippen LogP) is 8.07. The molecule has 11 heteroatoms. The van der Waals surface area contributed by atoms with E-state index < -0.39 is 22.9 Å². The summed E-state index contributed by atoms with van der Waals surface area (Å²) in [5, 5.41) is 9.71. The van der Waals surface area contributed by atoms with Crippen molar-refractivity contribution >= 4 is 60.1 Å². The number of halogens is 3. The third-order valence-electron chi connectivity index (χ3n) is 8.94. The van der Waals surface area contributed by atoms with Crippen LogP contribution >= 0.6 is 7.26 Å². The smallest absolute Gasteiger partial charge is 0.485 e. The van der Waals surface area contributed by atoms with Gasteiger partial charge in [-0.15, -0.1) is 0 Å². The van der Waals surface area contributed by atoms with Gasteiger partial charge in [-0.05, 0) is 70.1 Å². The molecule has 7 aromatic rings. The molecular formula is C41H30F3O6PS. The van der Waals surface area contributed by atoms with Gasteiger partial charge in [0.25, 0.3) is 0 Å². The first kappa shape index (κ1) is 35.0. The standard InChI is InChI=1S/C40H30O3P.CHF3O3S/c1-41-36-23-20-28-12-8-10-18-33(28)39(36)40-34-19-11-9-13-29(34)21-25-38(40)44(30-14-4-2-5-15-30,31-16-6-3-7-17-31)32-22-24-35-37(26-32)43-27-42-35;2-1(3,4)8(5,6)7/h2-26H,27H2,1H3;(H,5,6,7)/q+1;/p-1. The molecule has 0 bridgehead atoms. The van der Waals surface area contributed by atoms with Crippen molar-refractivity contribution < 1.29 is 40.4 Å². The summed E-state index contributed by atoms with van der Waals surface area (Å²) in [6, 6.07) is 54.6. The van der Waals surface area contributed by atoms with Crippen molar-refractivity contribution in [2.24, 2.45) is 0 Å². The van der Waals surface area contributed by atoms with Crippen molar-refractivity contribution in [3.8, 4) is 28.4 Å². The Balaban J connectivity index is 0.000000474. The van der Waals surface area contributed by atoms with Crippen molar-refractivity contribution in [2.45, 2.75) is 5.51 Å². The molecule has 0 atom stereocenters. The molecule has 0 N–H and O–H groups in total. The van der Waals surface area contributed by atoms with Crippen molar-refractivity contribution in [2.75, 3.05) is 13.9 Å². The fourth-order valence-electron chi connectivity index (χ4n) is 6.74. The highest BCUT2D eigenvalue weighted by Gasteiger charge is 2.50. The second kappa shape index (κ2) is 14.0. The van der Waals surface area contributed by atoms with Gasteiger partial charge in [-0.1, -0.05) is 97.1 Å². The Morgan fingerprint density at radius 1 is 0.615 bits per heavy atom. The summed E-state index contributed by atoms with van der Waals surface area (Å²) in [4.78, 5) is 0. The zero-order chi connectivity index (χ0) is 36.5. The third-order valence-corrected chi connectivity index (χ3v) is 13.8. The molecule has 8 rings (SSSR count). The molecular weight excluding hydrogens is 708 g/mol. The largest absolute Gasteiger partial charge is 0.741 e. The summed E-state index contributed by atoms with van der Waals surface area (Å²) in [6.45, 7) is 0.231. The lowest BCUT2D eigenvalue weighted by molar-refractivity contribution is -0.0517. The normalized spacial score (nSPS) is 12.7. The van der Waals surface area contributed by atoms with Gasteiger partial charge in [0.2, 0.25) is 6.79 Å². The van der Waals surface area contributed by atoms with Gasteiger partial charge in [-0.25, -0.2) is 8.42 Å². The van der Waals surface area contributed by atoms with Gasteiger partial charge >= 0.3 is 5.51 Å². The molecule has 6 nitrogen and oxygen atoms in total. The molecule has 0 radical (unpaired) electrons. The summed E-state index contributed by atoms with van der Waals surface area (Å²) < 4.78 is 76.9. The van der Waals surface area contributed by atoms with Crippen molar-refractivity contribution in [1.29, 1.82) is 0 Å². The highest BCUT2D eigenvalue weighted by molar-refractivity contribution is 8.01. The summed E-state index contributed by atoms with van der Waals surface area (Å²) in [7, 11) is -6.86. The minimum atomic E-state index is -6.09. The van der Waals surface area contributed by atoms with E-state index in [4.69, 9.17) is 27.2 Å². The van der Waals surface area contributed by atoms with Gasteiger partial charge < -0.3 is 18.8 Å². The van der Waals surface area contributed by atoms with E-state index in [0.717, 1.165) is 28.2 Å². The molecule has 1 aliphatic rings. The van der Waals surface area contributed by atoms with Crippen LogP contribution in [0.25, 0.3) is 32.7 Å². The summed E-state index contributed by atoms with van der Waals surface area (Å²) >= 11 is 0. The zero-order valence-electron chi connectivity index (χ0n) is 27.6. The minimum Gasteiger partial charge on any atom is -0.741 e. The lowest BCUT2D eigenvalue weighted by atomic mass is 9.93. The Morgan fingerprint density at radius 2 is 1.12 bits per heavy atom. The molecule has 1 aliphatic heterocycles. The van der Waals surface area contributed by atoms with E-state index >= 15 is 0 Å². The quantitative estimate of drug-likeness (QED) is 0.0976. The Hall–Kier alpha value is -5.41. The number of hydrogen-bond acceptors (Lipinski definition) is 6. The fraction of sp³-hybridized carbons (Fsp3) is 0.0732. The molecule has 0 fully saturated rings. The highest BCUT2D eigenvalue weighted by Crippen LogP contribution is 2.58. The lowest BCUT2D eigenvalue weighted by Crippen LogP contribution is -2.39. The van der Waals surface area contributed by atoms with Crippen molar-refractivity contribution in [1.82, 2.24) is 0 Å². The molecule has 0 spiro atoms. The van der Waals surface area contributed by atoms with Gasteiger partial charge in [-0.2, -0.15) is 13.2 Å². The van der Waals surface area contributed by atoms with Gasteiger partial charge in [0.05, 0.1) is 7.11 Å². The second-order valence-corrected chi connectivity index (χ2v) is 16.6. The van der Waals surface area contributed by atoms with E-state index in [2.05, 4.69) is 152 Å². The number of hydrogen-bond donors (Lipinski definition) is 0. The molecule has 1 heterocycles. The maximum absolute atomic E-state index is 10.7. The SMILES string of the molecule is COc1ccc2ccccc2c1-c1c([P+](c2ccccc2)(c2ccccc2)c2ccc3c(c2)OCO3)ccc2ccccc12.O=S(=O)([O-])C(F)(F)F. The summed E-state index contributed by atoms with van der Waals surface area (Å²) in [5.74, 6) is 2.41. The number of methoxy groups -OCH3 is 1. The number of rotatable bonds is 6. The molecule has 0 aliphatic carbocycles. The lowest BCUT2D eigenvalue weighted by Gasteiger charge is -2.30. The molecule has 262 valence electrons. The fourth-order valence-corrected chi connectivity index (χ4v) is 11.2. The first-order chi connectivity index (χ1) is 25.0. The molecule has 0 amide bonds. The second-order valence-electron chi connectivity index (χ2n) is 11.8. The zero-order valence-corrected chi connectivity index (χ0v) is 29.3. The molecule has 7 aromatic carbocycles. The molecule has 0 aromatic heterocycles. The van der Waals surface area contributed by atoms with E-state index in [0.29, 0.717) is 0 Å². The van der Waals surface area contributed by atoms with E-state index in [-0.39, 0.29) is 6.79 Å². The maximum atomic E-state index is 10.7. The summed E-state index contributed by atoms with van der Waals surface area (Å²) in [6.07, 6.45) is 0. The minimum absolute atomic E-state index is 0.231. The Morgan fingerprint density at radius 3 is 1.67 bits per heavy atom. The van der Waals surface area contributed by atoms with Crippen LogP contribution in [-0.2, 0) is 10.1 Å². The number of alkyl halides is 3. The Bertz CT molecular complexity index is 2470. The van der Waals surface area contributed by atoms with Gasteiger partial charge in [0, 0.05) is 17.2 Å². The summed E-state index contributed by atoms with van der Waals surface area (Å²) in [5.41, 5.74) is -3.35. The van der Waals surface area contributed by atoms with E-state index in [1.807, 2.05) is 0 Å². The molecule has 0 saturated heterocycles. The average molecular weight is 739 g/mol. The Kier molecular flexibility index (Phi) is 9.40. The van der Waals surface area contributed by atoms with Crippen molar-refractivity contribution in [3.63, 3.8) is 0 Å². The average Bonchev–Trinajstić information content (AvgIpc) is 3.63. The first-order valence-electron chi connectivity index (χ1n) is 16.0. The highest BCUT2D eigenvalue weighted by atomic mass is 32.2.